The molecule has 1 aromatic carbocycles. The first-order chi connectivity index (χ1) is 8.69. The van der Waals surface area contributed by atoms with Gasteiger partial charge in [-0.3, -0.25) is 14.9 Å². The Labute approximate surface area is 106 Å². The second-order valence-corrected chi connectivity index (χ2v) is 4.01. The molecule has 0 amide bonds. The summed E-state index contributed by atoms with van der Waals surface area (Å²) < 4.78 is 5.46. The molecule has 1 rings (SSSR count). The smallest absolute Gasteiger partial charge is 0.270 e. The topological polar surface area (TPSA) is 69.4 Å². The monoisotopic (exact) mass is 251 g/mol. The van der Waals surface area contributed by atoms with Crippen molar-refractivity contribution < 1.29 is 14.5 Å². The highest BCUT2D eigenvalue weighted by Gasteiger charge is 2.10. The van der Waals surface area contributed by atoms with Gasteiger partial charge in [-0.25, -0.2) is 0 Å². The van der Waals surface area contributed by atoms with Gasteiger partial charge >= 0.3 is 0 Å². The maximum atomic E-state index is 10.8. The summed E-state index contributed by atoms with van der Waals surface area (Å²) in [6, 6.07) is 4.05. The molecular weight excluding hydrogens is 234 g/mol. The maximum absolute atomic E-state index is 10.8. The van der Waals surface area contributed by atoms with Crippen LogP contribution >= 0.6 is 0 Å². The zero-order valence-electron chi connectivity index (χ0n) is 10.4. The third kappa shape index (κ3) is 4.16. The van der Waals surface area contributed by atoms with Gasteiger partial charge in [-0.2, -0.15) is 0 Å². The number of rotatable bonds is 8. The van der Waals surface area contributed by atoms with Crippen LogP contribution in [0.2, 0.25) is 0 Å². The number of nitro groups is 1. The lowest BCUT2D eigenvalue weighted by atomic mass is 10.2. The van der Waals surface area contributed by atoms with E-state index in [0.717, 1.165) is 25.7 Å². The summed E-state index contributed by atoms with van der Waals surface area (Å²) in [6.07, 6.45) is 4.89. The number of carbonyl (C=O) groups excluding carboxylic acids is 1. The Balaban J connectivity index is 2.60. The van der Waals surface area contributed by atoms with E-state index in [2.05, 4.69) is 6.92 Å². The van der Waals surface area contributed by atoms with Crippen molar-refractivity contribution in [3.63, 3.8) is 0 Å². The van der Waals surface area contributed by atoms with E-state index >= 15 is 0 Å². The molecule has 5 heteroatoms. The molecule has 0 fully saturated rings. The fraction of sp³-hybridized carbons (Fsp3) is 0.462. The minimum atomic E-state index is -0.530. The van der Waals surface area contributed by atoms with Gasteiger partial charge in [0.05, 0.1) is 17.1 Å². The van der Waals surface area contributed by atoms with E-state index in [4.69, 9.17) is 4.74 Å². The number of hydrogen-bond donors (Lipinski definition) is 0. The van der Waals surface area contributed by atoms with Gasteiger partial charge < -0.3 is 4.74 Å². The highest BCUT2D eigenvalue weighted by Crippen LogP contribution is 2.22. The summed E-state index contributed by atoms with van der Waals surface area (Å²) in [4.78, 5) is 20.9. The van der Waals surface area contributed by atoms with Crippen LogP contribution in [0, 0.1) is 10.1 Å². The van der Waals surface area contributed by atoms with E-state index in [1.165, 1.54) is 18.2 Å². The Hall–Kier alpha value is -1.91. The molecule has 0 saturated carbocycles. The van der Waals surface area contributed by atoms with Crippen molar-refractivity contribution in [3.8, 4) is 5.75 Å². The van der Waals surface area contributed by atoms with Crippen LogP contribution in [0.3, 0.4) is 0 Å². The van der Waals surface area contributed by atoms with E-state index in [-0.39, 0.29) is 11.3 Å². The molecule has 0 saturated heterocycles. The lowest BCUT2D eigenvalue weighted by Gasteiger charge is -2.07. The molecule has 5 nitrogen and oxygen atoms in total. The Bertz CT molecular complexity index is 417. The zero-order chi connectivity index (χ0) is 13.4. The van der Waals surface area contributed by atoms with Crippen molar-refractivity contribution >= 4 is 12.0 Å². The molecule has 1 aromatic rings. The first kappa shape index (κ1) is 14.2. The second kappa shape index (κ2) is 7.42. The van der Waals surface area contributed by atoms with E-state index in [1.807, 2.05) is 0 Å². The number of carbonyl (C=O) groups is 1. The van der Waals surface area contributed by atoms with Crippen molar-refractivity contribution in [3.05, 3.63) is 33.9 Å². The summed E-state index contributed by atoms with van der Waals surface area (Å²) in [5.41, 5.74) is 0.120. The second-order valence-electron chi connectivity index (χ2n) is 4.01. The van der Waals surface area contributed by atoms with E-state index in [9.17, 15) is 14.9 Å². The lowest BCUT2D eigenvalue weighted by Crippen LogP contribution is -2.00. The van der Waals surface area contributed by atoms with Gasteiger partial charge in [0.15, 0.2) is 6.29 Å². The van der Waals surface area contributed by atoms with Crippen molar-refractivity contribution in [2.75, 3.05) is 6.61 Å². The fourth-order valence-corrected chi connectivity index (χ4v) is 1.58. The van der Waals surface area contributed by atoms with Gasteiger partial charge in [-0.05, 0) is 12.5 Å². The molecule has 0 aliphatic carbocycles. The molecule has 0 aliphatic heterocycles. The van der Waals surface area contributed by atoms with Crippen LogP contribution in [-0.2, 0) is 0 Å². The molecule has 0 unspecified atom stereocenters. The standard InChI is InChI=1S/C13H17NO4/c1-2-3-4-5-8-18-13-7-6-12(14(16)17)9-11(13)10-15/h6-7,9-10H,2-5,8H2,1H3. The largest absolute Gasteiger partial charge is 0.493 e. The molecule has 0 heterocycles. The molecule has 0 aromatic heterocycles. The number of unbranched alkanes of at least 4 members (excludes halogenated alkanes) is 3. The van der Waals surface area contributed by atoms with Gasteiger partial charge in [0.2, 0.25) is 0 Å². The van der Waals surface area contributed by atoms with Crippen molar-refractivity contribution in [1.29, 1.82) is 0 Å². The summed E-state index contributed by atoms with van der Waals surface area (Å²) in [5.74, 6) is 0.409. The van der Waals surface area contributed by atoms with Crippen LogP contribution < -0.4 is 4.74 Å². The van der Waals surface area contributed by atoms with Gasteiger partial charge in [0, 0.05) is 12.1 Å². The number of aldehydes is 1. The van der Waals surface area contributed by atoms with Crippen LogP contribution in [0.5, 0.6) is 5.75 Å². The van der Waals surface area contributed by atoms with Crippen molar-refractivity contribution in [2.24, 2.45) is 0 Å². The van der Waals surface area contributed by atoms with Crippen LogP contribution in [0.4, 0.5) is 5.69 Å². The Morgan fingerprint density at radius 2 is 2.11 bits per heavy atom. The number of nitro benzene ring substituents is 1. The third-order valence-electron chi connectivity index (χ3n) is 2.59. The van der Waals surface area contributed by atoms with Crippen LogP contribution in [-0.4, -0.2) is 17.8 Å². The molecule has 0 bridgehead atoms. The molecule has 0 N–H and O–H groups in total. The van der Waals surface area contributed by atoms with Gasteiger partial charge in [0.1, 0.15) is 5.75 Å². The van der Waals surface area contributed by atoms with E-state index < -0.39 is 4.92 Å². The minimum absolute atomic E-state index is 0.101. The predicted octanol–water partition coefficient (Wildman–Crippen LogP) is 3.37. The average Bonchev–Trinajstić information content (AvgIpc) is 2.38. The van der Waals surface area contributed by atoms with Gasteiger partial charge in [-0.1, -0.05) is 26.2 Å². The van der Waals surface area contributed by atoms with Crippen molar-refractivity contribution in [2.45, 2.75) is 32.6 Å². The number of ether oxygens (including phenoxy) is 1. The Morgan fingerprint density at radius 1 is 1.33 bits per heavy atom. The first-order valence-corrected chi connectivity index (χ1v) is 6.05. The van der Waals surface area contributed by atoms with E-state index in [1.54, 1.807) is 0 Å². The number of non-ortho nitro benzene ring substituents is 1. The number of benzene rings is 1. The van der Waals surface area contributed by atoms with Crippen LogP contribution in [0.1, 0.15) is 43.0 Å². The van der Waals surface area contributed by atoms with E-state index in [0.29, 0.717) is 18.6 Å². The SMILES string of the molecule is CCCCCCOc1ccc([N+](=O)[O-])cc1C=O. The number of hydrogen-bond acceptors (Lipinski definition) is 4. The highest BCUT2D eigenvalue weighted by atomic mass is 16.6. The van der Waals surface area contributed by atoms with Gasteiger partial charge in [0.25, 0.3) is 5.69 Å². The average molecular weight is 251 g/mol. The molecule has 18 heavy (non-hydrogen) atoms. The summed E-state index contributed by atoms with van der Waals surface area (Å²) in [6.45, 7) is 2.65. The van der Waals surface area contributed by atoms with Crippen LogP contribution in [0.25, 0.3) is 0 Å². The third-order valence-corrected chi connectivity index (χ3v) is 2.59. The molecule has 0 radical (unpaired) electrons. The quantitative estimate of drug-likeness (QED) is 0.307. The summed E-state index contributed by atoms with van der Waals surface area (Å²) in [5, 5.41) is 10.6. The first-order valence-electron chi connectivity index (χ1n) is 6.05. The van der Waals surface area contributed by atoms with Gasteiger partial charge in [-0.15, -0.1) is 0 Å². The molecule has 0 aliphatic rings. The molecular formula is C13H17NO4. The Kier molecular flexibility index (Phi) is 5.84. The molecule has 0 spiro atoms. The zero-order valence-corrected chi connectivity index (χ0v) is 10.4. The lowest BCUT2D eigenvalue weighted by molar-refractivity contribution is -0.384. The van der Waals surface area contributed by atoms with Crippen LogP contribution in [0.15, 0.2) is 18.2 Å². The molecule has 98 valence electrons. The minimum Gasteiger partial charge on any atom is -0.493 e. The normalized spacial score (nSPS) is 10.1. The van der Waals surface area contributed by atoms with Crippen molar-refractivity contribution in [1.82, 2.24) is 0 Å². The highest BCUT2D eigenvalue weighted by molar-refractivity contribution is 5.80. The maximum Gasteiger partial charge on any atom is 0.270 e. The fourth-order valence-electron chi connectivity index (χ4n) is 1.58. The summed E-state index contributed by atoms with van der Waals surface area (Å²) in [7, 11) is 0. The Morgan fingerprint density at radius 3 is 2.72 bits per heavy atom. The number of nitrogens with zero attached hydrogens (tertiary/aromatic N) is 1. The molecule has 0 atom stereocenters. The predicted molar refractivity (Wildman–Crippen MR) is 68.1 cm³/mol. The summed E-state index contributed by atoms with van der Waals surface area (Å²) >= 11 is 0.